The second-order valence-corrected chi connectivity index (χ2v) is 13.6. The quantitative estimate of drug-likeness (QED) is 0.0305. The molecule has 0 bridgehead atoms. The lowest BCUT2D eigenvalue weighted by atomic mass is 10.0. The van der Waals surface area contributed by atoms with E-state index in [1.807, 2.05) is 13.8 Å². The van der Waals surface area contributed by atoms with Crippen LogP contribution in [0, 0.1) is 0 Å². The maximum absolute atomic E-state index is 11.4. The monoisotopic (exact) mass is 680 g/mol. The van der Waals surface area contributed by atoms with Gasteiger partial charge in [-0.05, 0) is 124 Å². The van der Waals surface area contributed by atoms with E-state index in [-0.39, 0.29) is 18.0 Å². The van der Waals surface area contributed by atoms with Crippen molar-refractivity contribution >= 4 is 11.9 Å². The van der Waals surface area contributed by atoms with Gasteiger partial charge in [0.1, 0.15) is 0 Å². The molecule has 0 aliphatic rings. The number of rotatable bonds is 36. The number of hydrogen-bond donors (Lipinski definition) is 1. The maximum Gasteiger partial charge on any atom is 0.305 e. The first-order valence-electron chi connectivity index (χ1n) is 20.0. The van der Waals surface area contributed by atoms with Crippen LogP contribution >= 0.6 is 0 Å². The number of nitrogens with zero attached hydrogens (tertiary/aromatic N) is 1. The Morgan fingerprint density at radius 3 is 1.31 bits per heavy atom. The van der Waals surface area contributed by atoms with Crippen LogP contribution in [0.5, 0.6) is 0 Å². The van der Waals surface area contributed by atoms with Gasteiger partial charge in [0.25, 0.3) is 0 Å². The average Bonchev–Trinajstić information content (AvgIpc) is 3.04. The number of aliphatic hydroxyl groups is 1. The minimum Gasteiger partial charge on any atom is -0.466 e. The number of hydrogen-bond acceptors (Lipinski definition) is 7. The molecule has 1 unspecified atom stereocenters. The Labute approximate surface area is 296 Å². The van der Waals surface area contributed by atoms with Crippen molar-refractivity contribution in [1.29, 1.82) is 0 Å². The lowest BCUT2D eigenvalue weighted by molar-refractivity contribution is -0.144. The molecule has 0 saturated heterocycles. The molecule has 0 aromatic carbocycles. The number of allylic oxidation sites excluding steroid dienone is 4. The lowest BCUT2D eigenvalue weighted by Gasteiger charge is -2.22. The summed E-state index contributed by atoms with van der Waals surface area (Å²) in [5.74, 6) is -0.151. The fourth-order valence-electron chi connectivity index (χ4n) is 5.84. The molecule has 0 rings (SSSR count). The van der Waals surface area contributed by atoms with Crippen LogP contribution in [0.3, 0.4) is 0 Å². The van der Waals surface area contributed by atoms with Gasteiger partial charge < -0.3 is 24.2 Å². The number of carbonyl (C=O) groups excluding carboxylic acids is 2. The van der Waals surface area contributed by atoms with Gasteiger partial charge in [-0.1, -0.05) is 88.5 Å². The number of ether oxygens (including phenoxy) is 3. The molecule has 282 valence electrons. The molecule has 0 radical (unpaired) electrons. The van der Waals surface area contributed by atoms with Crippen molar-refractivity contribution < 1.29 is 28.9 Å². The minimum atomic E-state index is -0.647. The summed E-state index contributed by atoms with van der Waals surface area (Å²) in [6.07, 6.45) is 36.9. The summed E-state index contributed by atoms with van der Waals surface area (Å²) in [4.78, 5) is 24.9. The van der Waals surface area contributed by atoms with Crippen molar-refractivity contribution in [3.8, 4) is 0 Å². The van der Waals surface area contributed by atoms with Gasteiger partial charge in [-0.3, -0.25) is 9.59 Å². The fourth-order valence-corrected chi connectivity index (χ4v) is 5.84. The third-order valence-electron chi connectivity index (χ3n) is 8.65. The van der Waals surface area contributed by atoms with Gasteiger partial charge in [-0.2, -0.15) is 0 Å². The van der Waals surface area contributed by atoms with Crippen molar-refractivity contribution in [2.45, 2.75) is 193 Å². The molecule has 0 amide bonds. The number of esters is 2. The number of aliphatic hydroxyl groups excluding tert-OH is 1. The second kappa shape index (κ2) is 36.6. The first-order chi connectivity index (χ1) is 23.4. The van der Waals surface area contributed by atoms with Gasteiger partial charge in [0.05, 0.1) is 19.3 Å². The van der Waals surface area contributed by atoms with Crippen LogP contribution < -0.4 is 0 Å². The normalized spacial score (nSPS) is 12.6. The minimum absolute atomic E-state index is 0.0754. The summed E-state index contributed by atoms with van der Waals surface area (Å²) in [7, 11) is 4.14. The lowest BCUT2D eigenvalue weighted by Crippen LogP contribution is -2.23. The van der Waals surface area contributed by atoms with Crippen molar-refractivity contribution in [3.63, 3.8) is 0 Å². The summed E-state index contributed by atoms with van der Waals surface area (Å²) < 4.78 is 16.1. The average molecular weight is 680 g/mol. The molecule has 1 N–H and O–H groups in total. The van der Waals surface area contributed by atoms with E-state index < -0.39 is 6.29 Å². The van der Waals surface area contributed by atoms with E-state index in [0.717, 1.165) is 77.2 Å². The van der Waals surface area contributed by atoms with Crippen molar-refractivity contribution in [2.75, 3.05) is 33.9 Å². The van der Waals surface area contributed by atoms with Gasteiger partial charge in [0, 0.05) is 12.8 Å². The van der Waals surface area contributed by atoms with Crippen LogP contribution in [-0.4, -0.2) is 68.2 Å². The molecule has 0 fully saturated rings. The van der Waals surface area contributed by atoms with E-state index in [9.17, 15) is 14.7 Å². The van der Waals surface area contributed by atoms with E-state index >= 15 is 0 Å². The molecule has 0 saturated carbocycles. The Balaban J connectivity index is 3.99. The van der Waals surface area contributed by atoms with Crippen LogP contribution in [0.1, 0.15) is 181 Å². The maximum atomic E-state index is 11.4. The SMILES string of the molecule is CCOC(=O)CCCC/C=C\CCCCCCCCC(CCCCCCCC/C=C\CCCCC(=O)OCC)OC(O)CCCN(C)C. The van der Waals surface area contributed by atoms with E-state index in [2.05, 4.69) is 43.3 Å². The van der Waals surface area contributed by atoms with Gasteiger partial charge in [-0.25, -0.2) is 0 Å². The molecule has 7 nitrogen and oxygen atoms in total. The predicted octanol–water partition coefficient (Wildman–Crippen LogP) is 10.6. The molecule has 0 spiro atoms. The number of carbonyl (C=O) groups is 2. The van der Waals surface area contributed by atoms with Crippen LogP contribution in [0.4, 0.5) is 0 Å². The van der Waals surface area contributed by atoms with E-state index in [4.69, 9.17) is 14.2 Å². The third kappa shape index (κ3) is 35.6. The topological polar surface area (TPSA) is 85.3 Å². The smallest absolute Gasteiger partial charge is 0.305 e. The van der Waals surface area contributed by atoms with Crippen molar-refractivity contribution in [2.24, 2.45) is 0 Å². The summed E-state index contributed by atoms with van der Waals surface area (Å²) in [6.45, 7) is 5.62. The van der Waals surface area contributed by atoms with Crippen LogP contribution in [0.25, 0.3) is 0 Å². The Kier molecular flexibility index (Phi) is 35.3. The molecule has 7 heteroatoms. The highest BCUT2D eigenvalue weighted by molar-refractivity contribution is 5.69. The zero-order valence-corrected chi connectivity index (χ0v) is 31.9. The summed E-state index contributed by atoms with van der Waals surface area (Å²) in [5.41, 5.74) is 0. The molecular formula is C41H77NO6. The summed E-state index contributed by atoms with van der Waals surface area (Å²) in [5, 5.41) is 10.5. The van der Waals surface area contributed by atoms with E-state index in [0.29, 0.717) is 32.5 Å². The Bertz CT molecular complexity index is 716. The van der Waals surface area contributed by atoms with Crippen LogP contribution in [0.2, 0.25) is 0 Å². The molecule has 0 aromatic rings. The summed E-state index contributed by atoms with van der Waals surface area (Å²) in [6, 6.07) is 0. The Morgan fingerprint density at radius 1 is 0.542 bits per heavy atom. The molecule has 0 heterocycles. The van der Waals surface area contributed by atoms with E-state index in [1.54, 1.807) is 0 Å². The van der Waals surface area contributed by atoms with Gasteiger partial charge in [0.15, 0.2) is 6.29 Å². The van der Waals surface area contributed by atoms with Gasteiger partial charge in [-0.15, -0.1) is 0 Å². The van der Waals surface area contributed by atoms with Crippen molar-refractivity contribution in [3.05, 3.63) is 24.3 Å². The summed E-state index contributed by atoms with van der Waals surface area (Å²) >= 11 is 0. The molecule has 0 aliphatic carbocycles. The van der Waals surface area contributed by atoms with Crippen LogP contribution in [-0.2, 0) is 23.8 Å². The van der Waals surface area contributed by atoms with E-state index in [1.165, 1.54) is 77.0 Å². The van der Waals surface area contributed by atoms with Gasteiger partial charge >= 0.3 is 11.9 Å². The molecule has 0 aliphatic heterocycles. The number of unbranched alkanes of at least 4 members (excludes halogenated alkanes) is 16. The standard InChI is InChI=1S/C41H77NO6/c1-5-46-39(43)34-29-25-21-17-13-9-7-11-15-19-23-27-32-38(48-41(45)36-31-37-42(3)4)33-28-24-20-16-12-8-10-14-18-22-26-30-35-40(44)47-6-2/h13-14,17-18,38,41,45H,5-12,15-16,19-37H2,1-4H3/b17-13-,18-14-. The molecule has 1 atom stereocenters. The zero-order chi connectivity index (χ0) is 35.3. The third-order valence-corrected chi connectivity index (χ3v) is 8.65. The second-order valence-electron chi connectivity index (χ2n) is 13.6. The van der Waals surface area contributed by atoms with Crippen LogP contribution in [0.15, 0.2) is 24.3 Å². The highest BCUT2D eigenvalue weighted by Gasteiger charge is 2.14. The Hall–Kier alpha value is -1.70. The fraction of sp³-hybridized carbons (Fsp3) is 0.854. The first-order valence-corrected chi connectivity index (χ1v) is 20.0. The predicted molar refractivity (Wildman–Crippen MR) is 201 cm³/mol. The largest absolute Gasteiger partial charge is 0.466 e. The first kappa shape index (κ1) is 46.3. The highest BCUT2D eigenvalue weighted by Crippen LogP contribution is 2.19. The van der Waals surface area contributed by atoms with Gasteiger partial charge in [0.2, 0.25) is 0 Å². The van der Waals surface area contributed by atoms with Crippen molar-refractivity contribution in [1.82, 2.24) is 4.90 Å². The molecular weight excluding hydrogens is 602 g/mol. The zero-order valence-electron chi connectivity index (χ0n) is 31.9. The Morgan fingerprint density at radius 2 is 0.917 bits per heavy atom. The molecule has 0 aromatic heterocycles. The highest BCUT2D eigenvalue weighted by atomic mass is 16.6. The molecule has 48 heavy (non-hydrogen) atoms.